The van der Waals surface area contributed by atoms with E-state index in [4.69, 9.17) is 38.2 Å². The van der Waals surface area contributed by atoms with Crippen molar-refractivity contribution in [1.82, 2.24) is 0 Å². The maximum absolute atomic E-state index is 13.0. The maximum atomic E-state index is 13.0. The molecule has 8 nitrogen and oxygen atoms in total. The molecule has 12 heteroatoms. The number of ketones is 1. The molecule has 0 aromatic heterocycles. The van der Waals surface area contributed by atoms with Crippen LogP contribution in [0.25, 0.3) is 0 Å². The van der Waals surface area contributed by atoms with Gasteiger partial charge in [0.25, 0.3) is 0 Å². The summed E-state index contributed by atoms with van der Waals surface area (Å²) in [6.07, 6.45) is 0. The van der Waals surface area contributed by atoms with E-state index in [1.165, 1.54) is 55.6 Å². The van der Waals surface area contributed by atoms with Gasteiger partial charge in [-0.3, -0.25) is 4.79 Å². The van der Waals surface area contributed by atoms with Gasteiger partial charge in [-0.1, -0.05) is 42.5 Å². The van der Waals surface area contributed by atoms with Gasteiger partial charge in [-0.15, -0.1) is 0 Å². The number of rotatable bonds is 6. The minimum Gasteiger partial charge on any atom is -0.467 e. The summed E-state index contributed by atoms with van der Waals surface area (Å²) < 4.78 is 37.8. The van der Waals surface area contributed by atoms with Gasteiger partial charge in [0.1, 0.15) is 7.85 Å². The summed E-state index contributed by atoms with van der Waals surface area (Å²) in [4.78, 5) is 24.7. The number of ether oxygens (including phenoxy) is 2. The highest BCUT2D eigenvalue weighted by Crippen LogP contribution is 2.38. The van der Waals surface area contributed by atoms with Gasteiger partial charge in [-0.05, 0) is 23.3 Å². The molecule has 0 saturated carbocycles. The maximum Gasteiger partial charge on any atom is 0.337 e. The Balaban J connectivity index is 1.94. The normalized spacial score (nSPS) is 19.1. The van der Waals surface area contributed by atoms with Crippen molar-refractivity contribution in [2.45, 2.75) is 10.0 Å². The third-order valence-corrected chi connectivity index (χ3v) is 6.03. The van der Waals surface area contributed by atoms with E-state index in [1.807, 2.05) is 0 Å². The van der Waals surface area contributed by atoms with Crippen molar-refractivity contribution in [1.29, 1.82) is 0 Å². The summed E-state index contributed by atoms with van der Waals surface area (Å²) in [6, 6.07) is 12.9. The van der Waals surface area contributed by atoms with Crippen molar-refractivity contribution < 1.29 is 31.7 Å². The first-order chi connectivity index (χ1) is 14.4. The molecule has 1 aliphatic rings. The predicted octanol–water partition coefficient (Wildman–Crippen LogP) is 0.0155. The molecule has 0 bridgehead atoms. The van der Waals surface area contributed by atoms with Crippen LogP contribution in [0, 0.1) is 0 Å². The largest absolute Gasteiger partial charge is 0.467 e. The van der Waals surface area contributed by atoms with Crippen LogP contribution in [0.15, 0.2) is 66.2 Å². The molecule has 1 atom stereocenters. The van der Waals surface area contributed by atoms with E-state index >= 15 is 0 Å². The smallest absolute Gasteiger partial charge is 0.337 e. The highest BCUT2D eigenvalue weighted by atomic mass is 32.2. The minimum atomic E-state index is -4.83. The summed E-state index contributed by atoms with van der Waals surface area (Å²) in [5.41, 5.74) is 3.53. The van der Waals surface area contributed by atoms with Gasteiger partial charge in [0, 0.05) is 0 Å². The molecular weight excluding hydrogens is 419 g/mol. The summed E-state index contributed by atoms with van der Waals surface area (Å²) >= 11 is 0. The number of esters is 1. The van der Waals surface area contributed by atoms with Gasteiger partial charge >= 0.3 is 16.1 Å². The van der Waals surface area contributed by atoms with Crippen molar-refractivity contribution >= 4 is 45.4 Å². The average molecular weight is 433 g/mol. The number of benzene rings is 2. The van der Waals surface area contributed by atoms with Gasteiger partial charge in [-0.25, -0.2) is 4.79 Å². The molecular formula is C19H14B3NO7S. The topological polar surface area (TPSA) is 122 Å². The molecule has 0 fully saturated rings. The zero-order valence-electron chi connectivity index (χ0n) is 16.3. The summed E-state index contributed by atoms with van der Waals surface area (Å²) in [5.74, 6) is -3.38. The fourth-order valence-corrected chi connectivity index (χ4v) is 3.77. The van der Waals surface area contributed by atoms with E-state index in [0.29, 0.717) is 0 Å². The van der Waals surface area contributed by atoms with Gasteiger partial charge in [0.05, 0.1) is 32.9 Å². The molecule has 6 radical (unpaired) electrons. The number of carbonyl (C=O) groups is 2. The zero-order chi connectivity index (χ0) is 23.0. The third-order valence-electron chi connectivity index (χ3n) is 4.58. The number of methoxy groups -OCH3 is 1. The Hall–Kier alpha value is -3.14. The molecule has 152 valence electrons. The molecule has 3 rings (SSSR count). The Labute approximate surface area is 183 Å². The van der Waals surface area contributed by atoms with Crippen molar-refractivity contribution in [2.75, 3.05) is 7.11 Å². The van der Waals surface area contributed by atoms with Crippen LogP contribution in [-0.4, -0.2) is 50.8 Å². The highest BCUT2D eigenvalue weighted by molar-refractivity contribution is 7.90. The van der Waals surface area contributed by atoms with E-state index in [1.54, 1.807) is 6.07 Å². The minimum absolute atomic E-state index is 0.00493. The van der Waals surface area contributed by atoms with Crippen LogP contribution in [0.2, 0.25) is 0 Å². The van der Waals surface area contributed by atoms with Gasteiger partial charge in [-0.2, -0.15) is 8.42 Å². The Bertz CT molecular complexity index is 1180. The van der Waals surface area contributed by atoms with Gasteiger partial charge in [0.2, 0.25) is 17.4 Å². The summed E-state index contributed by atoms with van der Waals surface area (Å²) in [6.45, 7) is 0. The van der Waals surface area contributed by atoms with E-state index in [9.17, 15) is 18.0 Å². The van der Waals surface area contributed by atoms with E-state index in [0.717, 1.165) is 0 Å². The number of hydrogen-bond acceptors (Lipinski definition) is 8. The van der Waals surface area contributed by atoms with E-state index < -0.39 is 43.6 Å². The SMILES string of the molecule is [B]C([B])(c1ccccc1)S(=O)(=O)OC1=C(N)O[C@@]([B])(c2cccc(C(=O)OC)c2)C1=O. The molecule has 2 aromatic rings. The quantitative estimate of drug-likeness (QED) is 0.385. The first-order valence-electron chi connectivity index (χ1n) is 8.72. The fourth-order valence-electron chi connectivity index (χ4n) is 2.83. The van der Waals surface area contributed by atoms with E-state index in [2.05, 4.69) is 4.74 Å². The molecule has 0 saturated heterocycles. The molecule has 1 heterocycles. The molecule has 0 unspecified atom stereocenters. The molecule has 2 N–H and O–H groups in total. The van der Waals surface area contributed by atoms with Crippen molar-refractivity contribution in [3.63, 3.8) is 0 Å². The first kappa shape index (κ1) is 22.5. The number of nitrogens with two attached hydrogens (primary N) is 1. The lowest BCUT2D eigenvalue weighted by atomic mass is 9.65. The van der Waals surface area contributed by atoms with Crippen LogP contribution in [0.5, 0.6) is 0 Å². The Morgan fingerprint density at radius 1 is 1.13 bits per heavy atom. The highest BCUT2D eigenvalue weighted by Gasteiger charge is 2.50. The molecule has 2 aromatic carbocycles. The summed E-state index contributed by atoms with van der Waals surface area (Å²) in [7, 11) is 14.0. The van der Waals surface area contributed by atoms with Crippen LogP contribution in [0.3, 0.4) is 0 Å². The van der Waals surface area contributed by atoms with Crippen LogP contribution < -0.4 is 5.73 Å². The van der Waals surface area contributed by atoms with Crippen molar-refractivity contribution in [3.05, 3.63) is 82.9 Å². The molecule has 31 heavy (non-hydrogen) atoms. The summed E-state index contributed by atoms with van der Waals surface area (Å²) in [5, 5.41) is 0. The second-order valence-corrected chi connectivity index (χ2v) is 8.38. The van der Waals surface area contributed by atoms with Crippen LogP contribution in [-0.2, 0) is 38.6 Å². The van der Waals surface area contributed by atoms with Crippen molar-refractivity contribution in [2.24, 2.45) is 5.73 Å². The number of carbonyl (C=O) groups excluding carboxylic acids is 2. The average Bonchev–Trinajstić information content (AvgIpc) is 2.97. The second kappa shape index (κ2) is 7.84. The molecule has 0 aliphatic carbocycles. The zero-order valence-corrected chi connectivity index (χ0v) is 17.1. The standard InChI is InChI=1S/C19H14B3NO7S/c1-28-17(25)11-6-5-9-13(10-11)18(20)15(24)14(16(23)29-18)30-31(26,27)19(21,22)12-7-3-2-4-8-12/h2-10H,23H2,1H3/t18-/m0/s1. The monoisotopic (exact) mass is 433 g/mol. The lowest BCUT2D eigenvalue weighted by Gasteiger charge is -2.26. The van der Waals surface area contributed by atoms with Crippen molar-refractivity contribution in [3.8, 4) is 0 Å². The Kier molecular flexibility index (Phi) is 5.71. The third kappa shape index (κ3) is 3.83. The second-order valence-electron chi connectivity index (χ2n) is 6.63. The molecule has 0 spiro atoms. The number of Topliss-reactive ketones (excluding diaryl/α,β-unsaturated/α-hetero) is 1. The van der Waals surface area contributed by atoms with E-state index in [-0.39, 0.29) is 16.7 Å². The predicted molar refractivity (Wildman–Crippen MR) is 112 cm³/mol. The van der Waals surface area contributed by atoms with Gasteiger partial charge in [0.15, 0.2) is 5.50 Å². The van der Waals surface area contributed by atoms with Crippen LogP contribution in [0.4, 0.5) is 0 Å². The molecule has 1 aliphatic heterocycles. The fraction of sp³-hybridized carbons (Fsp3) is 0.158. The van der Waals surface area contributed by atoms with Gasteiger partial charge < -0.3 is 19.4 Å². The lowest BCUT2D eigenvalue weighted by Crippen LogP contribution is -2.40. The number of hydrogen-bond donors (Lipinski definition) is 1. The first-order valence-corrected chi connectivity index (χ1v) is 10.1. The Morgan fingerprint density at radius 3 is 2.39 bits per heavy atom. The lowest BCUT2D eigenvalue weighted by molar-refractivity contribution is -0.126. The van der Waals surface area contributed by atoms with Crippen LogP contribution in [0.1, 0.15) is 21.5 Å². The van der Waals surface area contributed by atoms with Crippen LogP contribution >= 0.6 is 0 Å². The molecule has 0 amide bonds. The Morgan fingerprint density at radius 2 is 1.77 bits per heavy atom.